The molecule has 4 N–H and O–H groups in total. The SMILES string of the molecule is C/C=C\C(=C/C)c1cccc(NC(=O)Nc2cccc(C3=CCN=N3)c2)c1.C1CCCCC1.C=C(CCN1CCCCC1)Nc1ccc(C)cc1.CCCC(=O)Nc1ccc(C)cc1. The number of anilines is 4. The van der Waals surface area contributed by atoms with Crippen molar-refractivity contribution in [1.29, 1.82) is 0 Å². The first-order valence-corrected chi connectivity index (χ1v) is 23.4. The van der Waals surface area contributed by atoms with E-state index in [1.165, 1.54) is 82.0 Å². The second-order valence-corrected chi connectivity index (χ2v) is 16.5. The Labute approximate surface area is 384 Å². The van der Waals surface area contributed by atoms with Crippen LogP contribution in [-0.2, 0) is 4.79 Å². The molecule has 1 aliphatic carbocycles. The van der Waals surface area contributed by atoms with Crippen molar-refractivity contribution in [3.8, 4) is 0 Å². The minimum Gasteiger partial charge on any atom is -0.359 e. The average Bonchev–Trinajstić information content (AvgIpc) is 3.87. The van der Waals surface area contributed by atoms with Crippen molar-refractivity contribution in [3.63, 3.8) is 0 Å². The highest BCUT2D eigenvalue weighted by Crippen LogP contribution is 2.24. The van der Waals surface area contributed by atoms with E-state index in [2.05, 4.69) is 74.2 Å². The predicted molar refractivity (Wildman–Crippen MR) is 273 cm³/mol. The molecule has 4 aromatic rings. The summed E-state index contributed by atoms with van der Waals surface area (Å²) in [6, 6.07) is 31.3. The summed E-state index contributed by atoms with van der Waals surface area (Å²) in [4.78, 5) is 26.1. The molecule has 9 heteroatoms. The molecule has 1 saturated carbocycles. The van der Waals surface area contributed by atoms with Gasteiger partial charge in [-0.05, 0) is 132 Å². The summed E-state index contributed by atoms with van der Waals surface area (Å²) in [5.41, 5.74) is 11.0. The largest absolute Gasteiger partial charge is 0.359 e. The first-order chi connectivity index (χ1) is 31.1. The molecule has 340 valence electrons. The van der Waals surface area contributed by atoms with Crippen LogP contribution < -0.4 is 21.3 Å². The number of nitrogens with one attached hydrogen (secondary N) is 4. The van der Waals surface area contributed by atoms with E-state index >= 15 is 0 Å². The van der Waals surface area contributed by atoms with Gasteiger partial charge in [-0.25, -0.2) is 4.79 Å². The van der Waals surface area contributed by atoms with E-state index in [0.717, 1.165) is 64.5 Å². The van der Waals surface area contributed by atoms with E-state index < -0.39 is 0 Å². The molecule has 3 aliphatic rings. The van der Waals surface area contributed by atoms with Crippen LogP contribution in [0.25, 0.3) is 11.3 Å². The Morgan fingerprint density at radius 3 is 1.78 bits per heavy atom. The van der Waals surface area contributed by atoms with Crippen molar-refractivity contribution in [3.05, 3.63) is 156 Å². The monoisotopic (exact) mass is 864 g/mol. The number of hydrogen-bond acceptors (Lipinski definition) is 6. The number of amides is 3. The molecule has 1 saturated heterocycles. The molecule has 3 amide bonds. The summed E-state index contributed by atoms with van der Waals surface area (Å²) < 4.78 is 0. The normalized spacial score (nSPS) is 14.6. The highest BCUT2D eigenvalue weighted by atomic mass is 16.2. The van der Waals surface area contributed by atoms with Crippen molar-refractivity contribution in [2.24, 2.45) is 10.2 Å². The number of likely N-dealkylation sites (tertiary alicyclic amines) is 1. The third-order valence-corrected chi connectivity index (χ3v) is 10.9. The molecule has 2 fully saturated rings. The number of carbonyl (C=O) groups is 2. The fourth-order valence-electron chi connectivity index (χ4n) is 7.35. The standard InChI is InChI=1S/C22H22N4O.C16H24N2.C11H15NO.C6H12/c1-3-7-16(4-2)17-8-5-10-19(14-17)24-22(27)25-20-11-6-9-18(15-20)21-12-13-23-26-21;1-14-6-8-16(9-7-14)17-15(2)10-13-18-11-4-3-5-12-18;1-3-4-11(13)12-10-7-5-9(2)6-8-10;1-2-4-6-5-3-1/h3-12,14-15H,13H2,1-2H3,(H2,24,25,27);6-9,17H,2-5,10-13H2,1H3;5-8H,3-4H2,1-2H3,(H,12,13);1-6H2/b7-3-,16-4+;;;. The number of nitrogens with zero attached hydrogens (tertiary/aromatic N) is 3. The second-order valence-electron chi connectivity index (χ2n) is 16.5. The minimum atomic E-state index is -0.292. The van der Waals surface area contributed by atoms with E-state index in [4.69, 9.17) is 0 Å². The van der Waals surface area contributed by atoms with E-state index in [0.29, 0.717) is 18.7 Å². The quantitative estimate of drug-likeness (QED) is 0.100. The fourth-order valence-corrected chi connectivity index (χ4v) is 7.35. The van der Waals surface area contributed by atoms with Crippen molar-refractivity contribution >= 4 is 46.0 Å². The molecule has 7 rings (SSSR count). The molecule has 0 aromatic heterocycles. The Bertz CT molecular complexity index is 2130. The van der Waals surface area contributed by atoms with E-state index in [9.17, 15) is 9.59 Å². The Balaban J connectivity index is 0.000000208. The van der Waals surface area contributed by atoms with E-state index in [1.54, 1.807) is 0 Å². The van der Waals surface area contributed by atoms with Crippen LogP contribution in [0.15, 0.2) is 144 Å². The molecule has 0 atom stereocenters. The maximum Gasteiger partial charge on any atom is 0.323 e. The van der Waals surface area contributed by atoms with Gasteiger partial charge in [-0.15, -0.1) is 0 Å². The van der Waals surface area contributed by atoms with Gasteiger partial charge < -0.3 is 26.2 Å². The van der Waals surface area contributed by atoms with Gasteiger partial charge in [0.05, 0.1) is 12.2 Å². The van der Waals surface area contributed by atoms with Gasteiger partial charge in [-0.2, -0.15) is 10.2 Å². The molecule has 9 nitrogen and oxygen atoms in total. The predicted octanol–water partition coefficient (Wildman–Crippen LogP) is 15.0. The van der Waals surface area contributed by atoms with Crippen LogP contribution in [0.1, 0.15) is 120 Å². The Morgan fingerprint density at radius 2 is 1.23 bits per heavy atom. The van der Waals surface area contributed by atoms with Gasteiger partial charge in [0.1, 0.15) is 0 Å². The first kappa shape index (κ1) is 50.6. The lowest BCUT2D eigenvalue weighted by Crippen LogP contribution is -2.31. The van der Waals surface area contributed by atoms with Crippen LogP contribution in [0.4, 0.5) is 27.5 Å². The molecular weight excluding hydrogens is 791 g/mol. The van der Waals surface area contributed by atoms with Crippen molar-refractivity contribution in [2.45, 2.75) is 112 Å². The Morgan fingerprint density at radius 1 is 0.672 bits per heavy atom. The lowest BCUT2D eigenvalue weighted by atomic mass is 10.0. The van der Waals surface area contributed by atoms with Crippen LogP contribution in [-0.4, -0.2) is 43.0 Å². The van der Waals surface area contributed by atoms with Crippen molar-refractivity contribution < 1.29 is 9.59 Å². The zero-order valence-electron chi connectivity index (χ0n) is 39.2. The maximum absolute atomic E-state index is 12.4. The fraction of sp³-hybridized carbons (Fsp3) is 0.382. The third kappa shape index (κ3) is 20.0. The van der Waals surface area contributed by atoms with Gasteiger partial charge in [-0.3, -0.25) is 4.79 Å². The molecule has 64 heavy (non-hydrogen) atoms. The van der Waals surface area contributed by atoms with Gasteiger partial charge in [-0.1, -0.05) is 136 Å². The molecule has 0 spiro atoms. The number of carbonyl (C=O) groups excluding carboxylic acids is 2. The lowest BCUT2D eigenvalue weighted by Gasteiger charge is -2.26. The van der Waals surface area contributed by atoms with Crippen LogP contribution >= 0.6 is 0 Å². The van der Waals surface area contributed by atoms with Gasteiger partial charge in [0.2, 0.25) is 5.91 Å². The van der Waals surface area contributed by atoms with E-state index in [1.807, 2.05) is 125 Å². The zero-order valence-corrected chi connectivity index (χ0v) is 39.2. The smallest absolute Gasteiger partial charge is 0.323 e. The molecule has 0 bridgehead atoms. The second kappa shape index (κ2) is 29.3. The molecule has 0 radical (unpaired) electrons. The van der Waals surface area contributed by atoms with Gasteiger partial charge in [0, 0.05) is 47.0 Å². The number of azo groups is 1. The number of piperidine rings is 1. The highest BCUT2D eigenvalue weighted by molar-refractivity contribution is 6.00. The number of urea groups is 1. The highest BCUT2D eigenvalue weighted by Gasteiger charge is 2.11. The van der Waals surface area contributed by atoms with Gasteiger partial charge in [0.25, 0.3) is 0 Å². The summed E-state index contributed by atoms with van der Waals surface area (Å²) in [5.74, 6) is 0.0892. The topological polar surface area (TPSA) is 110 Å². The van der Waals surface area contributed by atoms with Gasteiger partial charge >= 0.3 is 6.03 Å². The van der Waals surface area contributed by atoms with Crippen LogP contribution in [0, 0.1) is 13.8 Å². The molecule has 2 aliphatic heterocycles. The number of benzene rings is 4. The number of rotatable bonds is 13. The Hall–Kier alpha value is -6.06. The van der Waals surface area contributed by atoms with Crippen LogP contribution in [0.2, 0.25) is 0 Å². The van der Waals surface area contributed by atoms with Crippen LogP contribution in [0.3, 0.4) is 0 Å². The lowest BCUT2D eigenvalue weighted by molar-refractivity contribution is -0.116. The Kier molecular flexibility index (Phi) is 23.2. The summed E-state index contributed by atoms with van der Waals surface area (Å²) in [6.45, 7) is 18.5. The zero-order chi connectivity index (χ0) is 45.8. The first-order valence-electron chi connectivity index (χ1n) is 23.4. The average molecular weight is 864 g/mol. The maximum atomic E-state index is 12.4. The molecule has 2 heterocycles. The third-order valence-electron chi connectivity index (χ3n) is 10.9. The number of hydrogen-bond donors (Lipinski definition) is 4. The molecule has 0 unspecified atom stereocenters. The molecule has 4 aromatic carbocycles. The summed E-state index contributed by atoms with van der Waals surface area (Å²) >= 11 is 0. The summed E-state index contributed by atoms with van der Waals surface area (Å²) in [6.07, 6.45) is 23.7. The molecular formula is C55H73N7O2. The van der Waals surface area contributed by atoms with Crippen molar-refractivity contribution in [1.82, 2.24) is 4.90 Å². The minimum absolute atomic E-state index is 0.0892. The van der Waals surface area contributed by atoms with Crippen molar-refractivity contribution in [2.75, 3.05) is 47.4 Å². The summed E-state index contributed by atoms with van der Waals surface area (Å²) in [7, 11) is 0. The number of aryl methyl sites for hydroxylation is 2. The van der Waals surface area contributed by atoms with Gasteiger partial charge in [0.15, 0.2) is 0 Å². The number of allylic oxidation sites excluding steroid dienone is 4. The summed E-state index contributed by atoms with van der Waals surface area (Å²) in [5, 5.41) is 20.0. The van der Waals surface area contributed by atoms with Crippen LogP contribution in [0.5, 0.6) is 0 Å². The van der Waals surface area contributed by atoms with E-state index in [-0.39, 0.29) is 11.9 Å².